The molecule has 0 unspecified atom stereocenters. The molecule has 4 N–H and O–H groups in total. The third-order valence-corrected chi connectivity index (χ3v) is 9.07. The third kappa shape index (κ3) is 6.56. The molecule has 3 aliphatic heterocycles. The van der Waals surface area contributed by atoms with Crippen LogP contribution in [-0.2, 0) is 10.0 Å². The van der Waals surface area contributed by atoms with E-state index in [1.165, 1.54) is 0 Å². The zero-order valence-corrected chi connectivity index (χ0v) is 23.6. The first-order valence-corrected chi connectivity index (χ1v) is 15.5. The van der Waals surface area contributed by atoms with Crippen LogP contribution < -0.4 is 20.3 Å². The number of benzene rings is 1. The topological polar surface area (TPSA) is 141 Å². The molecule has 12 heteroatoms. The fraction of sp³-hybridized carbons (Fsp3) is 0.464. The lowest BCUT2D eigenvalue weighted by Gasteiger charge is -2.41. The van der Waals surface area contributed by atoms with Crippen molar-refractivity contribution in [3.63, 3.8) is 0 Å². The Bertz CT molecular complexity index is 1430. The number of aromatic nitrogens is 3. The number of hydrogen-bond donors (Lipinski definition) is 4. The van der Waals surface area contributed by atoms with Crippen LogP contribution in [0.3, 0.4) is 0 Å². The minimum Gasteiger partial charge on any atom is -0.395 e. The van der Waals surface area contributed by atoms with Crippen LogP contribution in [0.5, 0.6) is 0 Å². The Labute approximate surface area is 235 Å². The number of amides is 1. The lowest BCUT2D eigenvalue weighted by atomic mass is 9.76. The quantitative estimate of drug-likeness (QED) is 0.364. The first-order chi connectivity index (χ1) is 19.3. The van der Waals surface area contributed by atoms with Crippen LogP contribution in [0.4, 0.5) is 23.0 Å². The molecule has 0 spiro atoms. The Morgan fingerprint density at radius 1 is 1.07 bits per heavy atom. The molecule has 3 aliphatic rings. The van der Waals surface area contributed by atoms with Crippen LogP contribution in [0, 0.1) is 5.41 Å². The van der Waals surface area contributed by atoms with Gasteiger partial charge in [-0.25, -0.2) is 18.1 Å². The summed E-state index contributed by atoms with van der Waals surface area (Å²) in [5, 5.41) is 19.8. The Morgan fingerprint density at radius 3 is 2.65 bits per heavy atom. The monoisotopic (exact) mass is 567 g/mol. The van der Waals surface area contributed by atoms with Crippen molar-refractivity contribution in [2.45, 2.75) is 45.4 Å². The molecular formula is C28H37N7O4S. The zero-order valence-electron chi connectivity index (χ0n) is 22.8. The molecule has 11 nitrogen and oxygen atoms in total. The molecule has 1 fully saturated rings. The number of carbonyl (C=O) groups is 1. The highest BCUT2D eigenvalue weighted by Crippen LogP contribution is 2.39. The average molecular weight is 568 g/mol. The molecule has 1 saturated heterocycles. The first-order valence-electron chi connectivity index (χ1n) is 13.8. The number of aliphatic hydroxyl groups is 1. The van der Waals surface area contributed by atoms with Gasteiger partial charge in [0.25, 0.3) is 5.91 Å². The summed E-state index contributed by atoms with van der Waals surface area (Å²) in [6.07, 6.45) is 9.94. The Balaban J connectivity index is 1.50. The van der Waals surface area contributed by atoms with Gasteiger partial charge in [0.1, 0.15) is 11.5 Å². The van der Waals surface area contributed by atoms with Gasteiger partial charge in [0.05, 0.1) is 29.3 Å². The van der Waals surface area contributed by atoms with E-state index in [-0.39, 0.29) is 11.3 Å². The summed E-state index contributed by atoms with van der Waals surface area (Å²) in [7, 11) is -3.71. The molecule has 40 heavy (non-hydrogen) atoms. The average Bonchev–Trinajstić information content (AvgIpc) is 3.45. The predicted octanol–water partition coefficient (Wildman–Crippen LogP) is 3.85. The summed E-state index contributed by atoms with van der Waals surface area (Å²) < 4.78 is 28.9. The lowest BCUT2D eigenvalue weighted by Crippen LogP contribution is -2.39. The van der Waals surface area contributed by atoms with Crippen LogP contribution in [-0.4, -0.2) is 66.2 Å². The van der Waals surface area contributed by atoms with Gasteiger partial charge in [0.15, 0.2) is 5.82 Å². The number of anilines is 4. The van der Waals surface area contributed by atoms with Crippen molar-refractivity contribution in [3.05, 3.63) is 54.4 Å². The number of rotatable bonds is 5. The van der Waals surface area contributed by atoms with Crippen LogP contribution in [0.1, 0.15) is 55.8 Å². The summed E-state index contributed by atoms with van der Waals surface area (Å²) >= 11 is 0. The Hall–Kier alpha value is -3.64. The minimum absolute atomic E-state index is 0.224. The highest BCUT2D eigenvalue weighted by molar-refractivity contribution is 7.92. The van der Waals surface area contributed by atoms with E-state index >= 15 is 0 Å². The molecule has 0 saturated carbocycles. The fourth-order valence-electron chi connectivity index (χ4n) is 5.43. The normalized spacial score (nSPS) is 17.9. The highest BCUT2D eigenvalue weighted by atomic mass is 32.2. The van der Waals surface area contributed by atoms with E-state index in [1.54, 1.807) is 35.1 Å². The second-order valence-electron chi connectivity index (χ2n) is 10.9. The van der Waals surface area contributed by atoms with Gasteiger partial charge in [-0.3, -0.25) is 9.52 Å². The number of nitrogens with zero attached hydrogens (tertiary/aromatic N) is 4. The molecule has 3 aromatic rings. The summed E-state index contributed by atoms with van der Waals surface area (Å²) in [5.41, 5.74) is 2.47. The lowest BCUT2D eigenvalue weighted by molar-refractivity contribution is 0.102. The van der Waals surface area contributed by atoms with Crippen molar-refractivity contribution in [1.29, 1.82) is 0 Å². The molecule has 5 heterocycles. The van der Waals surface area contributed by atoms with Gasteiger partial charge < -0.3 is 20.6 Å². The molecule has 6 rings (SSSR count). The SMILES string of the molecule is CC12CCCCCNc3nc(ccc3-n3cccn3)NC(=O)c3ccc(NS(=O)(=O)CCO)cc3N(CC1)CC2. The molecule has 1 aromatic carbocycles. The smallest absolute Gasteiger partial charge is 0.258 e. The Kier molecular flexibility index (Phi) is 8.27. The number of aliphatic hydroxyl groups excluding tert-OH is 1. The van der Waals surface area contributed by atoms with Crippen molar-refractivity contribution in [1.82, 2.24) is 14.8 Å². The van der Waals surface area contributed by atoms with Gasteiger partial charge >= 0.3 is 0 Å². The summed E-state index contributed by atoms with van der Waals surface area (Å²) in [6.45, 7) is 4.17. The molecule has 1 amide bonds. The third-order valence-electron chi connectivity index (χ3n) is 7.80. The number of piperidine rings is 1. The highest BCUT2D eigenvalue weighted by Gasteiger charge is 2.31. The second-order valence-corrected chi connectivity index (χ2v) is 12.7. The molecule has 4 bridgehead atoms. The molecule has 214 valence electrons. The Morgan fingerprint density at radius 2 is 1.90 bits per heavy atom. The zero-order chi connectivity index (χ0) is 28.2. The van der Waals surface area contributed by atoms with E-state index in [0.717, 1.165) is 63.8 Å². The van der Waals surface area contributed by atoms with Gasteiger partial charge in [-0.15, -0.1) is 0 Å². The van der Waals surface area contributed by atoms with E-state index in [4.69, 9.17) is 10.1 Å². The summed E-state index contributed by atoms with van der Waals surface area (Å²) in [5.74, 6) is 0.305. The van der Waals surface area contributed by atoms with Gasteiger partial charge in [-0.05, 0) is 67.5 Å². The van der Waals surface area contributed by atoms with Crippen LogP contribution >= 0.6 is 0 Å². The van der Waals surface area contributed by atoms with Gasteiger partial charge in [-0.1, -0.05) is 19.8 Å². The van der Waals surface area contributed by atoms with E-state index in [9.17, 15) is 13.2 Å². The maximum absolute atomic E-state index is 13.6. The number of carbonyl (C=O) groups excluding carboxylic acids is 1. The first kappa shape index (κ1) is 27.9. The van der Waals surface area contributed by atoms with Crippen molar-refractivity contribution in [2.24, 2.45) is 5.41 Å². The number of hydrogen-bond acceptors (Lipinski definition) is 8. The fourth-order valence-corrected chi connectivity index (χ4v) is 6.26. The summed E-state index contributed by atoms with van der Waals surface area (Å²) in [4.78, 5) is 20.5. The molecule has 0 radical (unpaired) electrons. The van der Waals surface area contributed by atoms with Crippen molar-refractivity contribution in [3.8, 4) is 5.69 Å². The maximum Gasteiger partial charge on any atom is 0.258 e. The van der Waals surface area contributed by atoms with Crippen LogP contribution in [0.15, 0.2) is 48.8 Å². The van der Waals surface area contributed by atoms with Crippen LogP contribution in [0.25, 0.3) is 5.69 Å². The van der Waals surface area contributed by atoms with E-state index in [1.807, 2.05) is 18.3 Å². The maximum atomic E-state index is 13.6. The second kappa shape index (κ2) is 11.8. The van der Waals surface area contributed by atoms with Gasteiger partial charge in [0, 0.05) is 32.0 Å². The largest absolute Gasteiger partial charge is 0.395 e. The number of fused-ring (bicyclic) bond motifs is 8. The number of nitrogens with one attached hydrogen (secondary N) is 3. The van der Waals surface area contributed by atoms with Crippen molar-refractivity contribution >= 4 is 38.9 Å². The van der Waals surface area contributed by atoms with Gasteiger partial charge in [-0.2, -0.15) is 5.10 Å². The number of pyridine rings is 1. The standard InChI is InChI=1S/C28H37N7O4S/c1-28-10-3-2-4-13-29-26-23(35-15-5-14-30-35)8-9-25(31-26)32-27(37)22-7-6-21(33-40(38,39)19-18-36)20-24(22)34(16-11-28)17-12-28/h5-9,14-15,20,33,36H,2-4,10-13,16-19H2,1H3,(H2,29,31,32,37). The van der Waals surface area contributed by atoms with Crippen molar-refractivity contribution < 1.29 is 18.3 Å². The van der Waals surface area contributed by atoms with Gasteiger partial charge in [0.2, 0.25) is 10.0 Å². The molecule has 2 aromatic heterocycles. The minimum atomic E-state index is -3.71. The predicted molar refractivity (Wildman–Crippen MR) is 157 cm³/mol. The molecule has 0 atom stereocenters. The van der Waals surface area contributed by atoms with E-state index in [0.29, 0.717) is 28.6 Å². The number of sulfonamides is 1. The van der Waals surface area contributed by atoms with E-state index in [2.05, 4.69) is 32.3 Å². The van der Waals surface area contributed by atoms with E-state index < -0.39 is 22.4 Å². The van der Waals surface area contributed by atoms with Crippen molar-refractivity contribution in [2.75, 3.05) is 52.2 Å². The van der Waals surface area contributed by atoms with Crippen LogP contribution in [0.2, 0.25) is 0 Å². The molecule has 0 aliphatic carbocycles. The molecular weight excluding hydrogens is 530 g/mol. The summed E-state index contributed by atoms with van der Waals surface area (Å²) in [6, 6.07) is 10.4.